The van der Waals surface area contributed by atoms with E-state index in [2.05, 4.69) is 5.32 Å². The fourth-order valence-corrected chi connectivity index (χ4v) is 3.32. The number of halogens is 1. The Bertz CT molecular complexity index is 1180. The lowest BCUT2D eigenvalue weighted by molar-refractivity contribution is 0.0498. The fourth-order valence-electron chi connectivity index (χ4n) is 3.32. The number of ether oxygens (including phenoxy) is 1. The third kappa shape index (κ3) is 4.59. The minimum absolute atomic E-state index is 0.0443. The van der Waals surface area contributed by atoms with Gasteiger partial charge in [0, 0.05) is 18.7 Å². The van der Waals surface area contributed by atoms with Gasteiger partial charge in [-0.1, -0.05) is 24.3 Å². The summed E-state index contributed by atoms with van der Waals surface area (Å²) >= 11 is 0. The molecule has 32 heavy (non-hydrogen) atoms. The lowest BCUT2D eigenvalue weighted by Gasteiger charge is -2.29. The Kier molecular flexibility index (Phi) is 5.85. The van der Waals surface area contributed by atoms with E-state index in [1.165, 1.54) is 35.2 Å². The Morgan fingerprint density at radius 2 is 1.62 bits per heavy atom. The summed E-state index contributed by atoms with van der Waals surface area (Å²) in [5.74, 6) is -1.64. The molecule has 8 heteroatoms. The molecule has 3 aromatic carbocycles. The number of hydrogen-bond acceptors (Lipinski definition) is 4. The summed E-state index contributed by atoms with van der Waals surface area (Å²) < 4.78 is 18.7. The molecule has 1 aliphatic heterocycles. The molecule has 0 aliphatic carbocycles. The van der Waals surface area contributed by atoms with Crippen molar-refractivity contribution in [3.8, 4) is 5.75 Å². The number of carboxylic acid groups (broad SMARTS) is 1. The van der Waals surface area contributed by atoms with Crippen molar-refractivity contribution in [2.45, 2.75) is 13.1 Å². The fraction of sp³-hybridized carbons (Fsp3) is 0.125. The van der Waals surface area contributed by atoms with Gasteiger partial charge in [-0.05, 0) is 53.6 Å². The van der Waals surface area contributed by atoms with Crippen LogP contribution in [0.5, 0.6) is 5.75 Å². The van der Waals surface area contributed by atoms with Gasteiger partial charge in [-0.3, -0.25) is 9.59 Å². The Morgan fingerprint density at radius 1 is 0.969 bits per heavy atom. The molecule has 0 aromatic heterocycles. The van der Waals surface area contributed by atoms with E-state index in [0.717, 1.165) is 11.1 Å². The number of rotatable bonds is 6. The average molecular weight is 434 g/mol. The highest BCUT2D eigenvalue weighted by Crippen LogP contribution is 2.27. The molecule has 0 saturated carbocycles. The first-order valence-corrected chi connectivity index (χ1v) is 9.82. The normalized spacial score (nSPS) is 12.7. The maximum absolute atomic E-state index is 13.0. The maximum Gasteiger partial charge on any atom is 0.335 e. The van der Waals surface area contributed by atoms with Crippen molar-refractivity contribution in [3.05, 3.63) is 100 Å². The molecule has 1 aliphatic rings. The van der Waals surface area contributed by atoms with Crippen LogP contribution in [0.2, 0.25) is 0 Å². The Morgan fingerprint density at radius 3 is 2.31 bits per heavy atom. The van der Waals surface area contributed by atoms with E-state index in [1.807, 2.05) is 0 Å². The van der Waals surface area contributed by atoms with Crippen molar-refractivity contribution < 1.29 is 28.6 Å². The predicted octanol–water partition coefficient (Wildman–Crippen LogP) is 3.45. The molecule has 0 fully saturated rings. The minimum atomic E-state index is -1.02. The summed E-state index contributed by atoms with van der Waals surface area (Å²) in [6.45, 7) is 0.501. The van der Waals surface area contributed by atoms with Gasteiger partial charge in [-0.15, -0.1) is 0 Å². The van der Waals surface area contributed by atoms with Gasteiger partial charge >= 0.3 is 5.97 Å². The van der Waals surface area contributed by atoms with E-state index < -0.39 is 5.97 Å². The number of carbonyl (C=O) groups is 3. The molecular formula is C24H19FN2O5. The van der Waals surface area contributed by atoms with Gasteiger partial charge in [0.2, 0.25) is 0 Å². The second-order valence-electron chi connectivity index (χ2n) is 7.30. The SMILES string of the molecule is O=C(O)c1ccc(CN2COc3ccc(C(=O)NCc4ccc(F)cc4)cc3C2=O)cc1. The number of carbonyl (C=O) groups excluding carboxylic acids is 2. The number of nitrogens with one attached hydrogen (secondary N) is 1. The van der Waals surface area contributed by atoms with Crippen LogP contribution in [0.1, 0.15) is 42.2 Å². The molecule has 0 atom stereocenters. The van der Waals surface area contributed by atoms with Crippen molar-refractivity contribution in [2.24, 2.45) is 0 Å². The second kappa shape index (κ2) is 8.89. The summed E-state index contributed by atoms with van der Waals surface area (Å²) in [6, 6.07) is 16.7. The zero-order chi connectivity index (χ0) is 22.7. The van der Waals surface area contributed by atoms with Gasteiger partial charge in [0.05, 0.1) is 11.1 Å². The standard InChI is InChI=1S/C24H19FN2O5/c25-19-8-3-15(4-9-19)12-26-22(28)18-7-10-21-20(11-18)23(29)27(14-32-21)13-16-1-5-17(6-2-16)24(30)31/h1-11H,12-14H2,(H,26,28)(H,30,31). The first kappa shape index (κ1) is 21.0. The third-order valence-corrected chi connectivity index (χ3v) is 5.08. The molecule has 0 bridgehead atoms. The third-order valence-electron chi connectivity index (χ3n) is 5.08. The van der Waals surface area contributed by atoms with Crippen LogP contribution < -0.4 is 10.1 Å². The van der Waals surface area contributed by atoms with Gasteiger partial charge in [-0.2, -0.15) is 0 Å². The van der Waals surface area contributed by atoms with Gasteiger partial charge < -0.3 is 20.1 Å². The van der Waals surface area contributed by atoms with Crippen molar-refractivity contribution >= 4 is 17.8 Å². The molecule has 0 unspecified atom stereocenters. The van der Waals surface area contributed by atoms with Gasteiger partial charge in [0.25, 0.3) is 11.8 Å². The number of benzene rings is 3. The number of fused-ring (bicyclic) bond motifs is 1. The van der Waals surface area contributed by atoms with E-state index in [0.29, 0.717) is 11.3 Å². The van der Waals surface area contributed by atoms with Crippen LogP contribution in [0, 0.1) is 5.82 Å². The molecular weight excluding hydrogens is 415 g/mol. The predicted molar refractivity (Wildman–Crippen MR) is 113 cm³/mol. The van der Waals surface area contributed by atoms with Crippen molar-refractivity contribution in [1.29, 1.82) is 0 Å². The molecule has 162 valence electrons. The van der Waals surface area contributed by atoms with E-state index in [4.69, 9.17) is 9.84 Å². The highest BCUT2D eigenvalue weighted by Gasteiger charge is 2.27. The summed E-state index contributed by atoms with van der Waals surface area (Å²) in [5.41, 5.74) is 2.24. The summed E-state index contributed by atoms with van der Waals surface area (Å²) in [5, 5.41) is 11.7. The number of amides is 2. The molecule has 1 heterocycles. The number of hydrogen-bond donors (Lipinski definition) is 2. The van der Waals surface area contributed by atoms with Crippen molar-refractivity contribution in [1.82, 2.24) is 10.2 Å². The molecule has 2 N–H and O–H groups in total. The van der Waals surface area contributed by atoms with Gasteiger partial charge in [-0.25, -0.2) is 9.18 Å². The Hall–Kier alpha value is -4.20. The minimum Gasteiger partial charge on any atom is -0.478 e. The zero-order valence-electron chi connectivity index (χ0n) is 16.9. The first-order valence-electron chi connectivity index (χ1n) is 9.82. The number of nitrogens with zero attached hydrogens (tertiary/aromatic N) is 1. The number of aromatic carboxylic acids is 1. The molecule has 0 spiro atoms. The molecule has 3 aromatic rings. The molecule has 7 nitrogen and oxygen atoms in total. The Labute approximate surface area is 183 Å². The van der Waals surface area contributed by atoms with Crippen LogP contribution in [0.4, 0.5) is 4.39 Å². The summed E-state index contributed by atoms with van der Waals surface area (Å²) in [6.07, 6.45) is 0. The summed E-state index contributed by atoms with van der Waals surface area (Å²) in [7, 11) is 0. The van der Waals surface area contributed by atoms with E-state index in [9.17, 15) is 18.8 Å². The van der Waals surface area contributed by atoms with Crippen LogP contribution in [-0.4, -0.2) is 34.5 Å². The van der Waals surface area contributed by atoms with E-state index in [-0.39, 0.29) is 48.6 Å². The highest BCUT2D eigenvalue weighted by molar-refractivity contribution is 6.02. The monoisotopic (exact) mass is 434 g/mol. The number of carboxylic acids is 1. The van der Waals surface area contributed by atoms with E-state index >= 15 is 0 Å². The van der Waals surface area contributed by atoms with Crippen LogP contribution in [-0.2, 0) is 13.1 Å². The average Bonchev–Trinajstić information content (AvgIpc) is 2.80. The summed E-state index contributed by atoms with van der Waals surface area (Å²) in [4.78, 5) is 38.0. The quantitative estimate of drug-likeness (QED) is 0.620. The molecule has 0 saturated heterocycles. The zero-order valence-corrected chi connectivity index (χ0v) is 16.9. The second-order valence-corrected chi connectivity index (χ2v) is 7.30. The topological polar surface area (TPSA) is 95.9 Å². The largest absolute Gasteiger partial charge is 0.478 e. The lowest BCUT2D eigenvalue weighted by atomic mass is 10.1. The van der Waals surface area contributed by atoms with Gasteiger partial charge in [0.15, 0.2) is 6.73 Å². The van der Waals surface area contributed by atoms with Crippen molar-refractivity contribution in [3.63, 3.8) is 0 Å². The van der Waals surface area contributed by atoms with Gasteiger partial charge in [0.1, 0.15) is 11.6 Å². The molecule has 0 radical (unpaired) electrons. The Balaban J connectivity index is 1.45. The highest BCUT2D eigenvalue weighted by atomic mass is 19.1. The molecule has 2 amide bonds. The van der Waals surface area contributed by atoms with E-state index in [1.54, 1.807) is 36.4 Å². The van der Waals surface area contributed by atoms with Crippen LogP contribution in [0.15, 0.2) is 66.7 Å². The maximum atomic E-state index is 13.0. The molecule has 4 rings (SSSR count). The van der Waals surface area contributed by atoms with Crippen LogP contribution in [0.3, 0.4) is 0 Å². The van der Waals surface area contributed by atoms with Crippen molar-refractivity contribution in [2.75, 3.05) is 6.73 Å². The lowest BCUT2D eigenvalue weighted by Crippen LogP contribution is -2.38. The van der Waals surface area contributed by atoms with Crippen LogP contribution >= 0.6 is 0 Å². The smallest absolute Gasteiger partial charge is 0.335 e. The van der Waals surface area contributed by atoms with Crippen LogP contribution in [0.25, 0.3) is 0 Å². The first-order chi connectivity index (χ1) is 15.4.